The topological polar surface area (TPSA) is 123 Å². The summed E-state index contributed by atoms with van der Waals surface area (Å²) in [6.07, 6.45) is 10.8. The van der Waals surface area contributed by atoms with Crippen LogP contribution in [0.1, 0.15) is 44.4 Å². The van der Waals surface area contributed by atoms with Gasteiger partial charge in [0.2, 0.25) is 0 Å². The van der Waals surface area contributed by atoms with Crippen molar-refractivity contribution in [2.45, 2.75) is 45.8 Å². The summed E-state index contributed by atoms with van der Waals surface area (Å²) in [6.45, 7) is 6.78. The lowest BCUT2D eigenvalue weighted by Gasteiger charge is -2.32. The third-order valence-corrected chi connectivity index (χ3v) is 8.11. The molecule has 3 aromatic heterocycles. The molecule has 1 aliphatic heterocycles. The van der Waals surface area contributed by atoms with Gasteiger partial charge < -0.3 is 20.7 Å². The number of nitrogens with two attached hydrogens (primary N) is 1. The van der Waals surface area contributed by atoms with Gasteiger partial charge in [0.05, 0.1) is 11.3 Å². The number of allylic oxidation sites excluding steroid dienone is 4. The molecule has 5 aromatic rings. The van der Waals surface area contributed by atoms with E-state index in [0.29, 0.717) is 17.4 Å². The Bertz CT molecular complexity index is 1850. The van der Waals surface area contributed by atoms with E-state index in [0.717, 1.165) is 72.6 Å². The molecule has 0 atom stereocenters. The third kappa shape index (κ3) is 6.53. The van der Waals surface area contributed by atoms with Gasteiger partial charge >= 0.3 is 0 Å². The zero-order valence-corrected chi connectivity index (χ0v) is 25.6. The smallest absolute Gasteiger partial charge is 0.165 e. The highest BCUT2D eigenvalue weighted by Gasteiger charge is 2.22. The molecule has 1 aliphatic rings. The highest BCUT2D eigenvalue weighted by atomic mass is 16.5. The maximum atomic E-state index is 9.77. The molecule has 1 saturated heterocycles. The summed E-state index contributed by atoms with van der Waals surface area (Å²) in [4.78, 5) is 16.8. The monoisotopic (exact) mass is 602 g/mol. The van der Waals surface area contributed by atoms with E-state index in [2.05, 4.69) is 63.9 Å². The summed E-state index contributed by atoms with van der Waals surface area (Å²) in [7, 11) is 0. The standard InChI is InChI=1S/C36H38N6O3/c1-3-5-7-25(4-2)30-14-15-31-36(39-30)42(35(40-31)29-8-6-19-38-34(29)37)26-11-9-24(10-12-26)23-41-20-17-27(18-21-41)45-28-13-16-32(43)33(44)22-28/h4-16,19,22,27,43-44H,3,17-18,20-21,23H2,1-2H3,(H2,37,38)/b7-5-,25-4+. The first-order valence-electron chi connectivity index (χ1n) is 15.4. The van der Waals surface area contributed by atoms with Gasteiger partial charge in [-0.05, 0) is 85.9 Å². The van der Waals surface area contributed by atoms with E-state index < -0.39 is 0 Å². The number of imidazole rings is 1. The Morgan fingerprint density at radius 1 is 1.00 bits per heavy atom. The molecule has 0 spiro atoms. The van der Waals surface area contributed by atoms with Gasteiger partial charge in [-0.2, -0.15) is 0 Å². The number of phenols is 2. The quantitative estimate of drug-likeness (QED) is 0.123. The van der Waals surface area contributed by atoms with Gasteiger partial charge in [0.1, 0.15) is 23.2 Å². The van der Waals surface area contributed by atoms with Crippen molar-refractivity contribution in [3.63, 3.8) is 0 Å². The zero-order valence-electron chi connectivity index (χ0n) is 25.6. The predicted molar refractivity (Wildman–Crippen MR) is 178 cm³/mol. The van der Waals surface area contributed by atoms with Gasteiger partial charge in [0.25, 0.3) is 0 Å². The van der Waals surface area contributed by atoms with E-state index in [1.807, 2.05) is 31.2 Å². The zero-order chi connectivity index (χ0) is 31.3. The molecule has 0 amide bonds. The summed E-state index contributed by atoms with van der Waals surface area (Å²) >= 11 is 0. The van der Waals surface area contributed by atoms with Gasteiger partial charge in [-0.1, -0.05) is 37.3 Å². The molecule has 45 heavy (non-hydrogen) atoms. The van der Waals surface area contributed by atoms with Crippen LogP contribution in [0.2, 0.25) is 0 Å². The Balaban J connectivity index is 1.24. The number of hydrogen-bond donors (Lipinski definition) is 3. The molecule has 0 bridgehead atoms. The Hall–Kier alpha value is -5.15. The lowest BCUT2D eigenvalue weighted by molar-refractivity contribution is 0.0965. The highest BCUT2D eigenvalue weighted by molar-refractivity contribution is 5.85. The first kappa shape index (κ1) is 29.9. The van der Waals surface area contributed by atoms with Crippen molar-refractivity contribution in [1.29, 1.82) is 0 Å². The number of nitrogen functional groups attached to an aromatic ring is 1. The predicted octanol–water partition coefficient (Wildman–Crippen LogP) is 6.89. The molecule has 230 valence electrons. The first-order valence-corrected chi connectivity index (χ1v) is 15.4. The fourth-order valence-electron chi connectivity index (χ4n) is 5.69. The number of anilines is 1. The molecule has 4 heterocycles. The van der Waals surface area contributed by atoms with Crippen molar-refractivity contribution < 1.29 is 14.9 Å². The first-order chi connectivity index (χ1) is 21.9. The van der Waals surface area contributed by atoms with E-state index in [-0.39, 0.29) is 17.6 Å². The number of likely N-dealkylation sites (tertiary alicyclic amines) is 1. The second-order valence-corrected chi connectivity index (χ2v) is 11.2. The Morgan fingerprint density at radius 3 is 2.51 bits per heavy atom. The molecule has 9 heteroatoms. The molecule has 2 aromatic carbocycles. The maximum Gasteiger partial charge on any atom is 0.165 e. The molecule has 0 radical (unpaired) electrons. The normalized spacial score (nSPS) is 14.8. The van der Waals surface area contributed by atoms with Crippen molar-refractivity contribution in [1.82, 2.24) is 24.4 Å². The van der Waals surface area contributed by atoms with Crippen LogP contribution in [0.25, 0.3) is 33.8 Å². The van der Waals surface area contributed by atoms with Crippen LogP contribution in [0, 0.1) is 0 Å². The minimum atomic E-state index is -0.170. The molecular weight excluding hydrogens is 564 g/mol. The van der Waals surface area contributed by atoms with E-state index in [9.17, 15) is 10.2 Å². The number of fused-ring (bicyclic) bond motifs is 1. The van der Waals surface area contributed by atoms with Crippen LogP contribution in [-0.4, -0.2) is 53.8 Å². The van der Waals surface area contributed by atoms with Crippen LogP contribution in [-0.2, 0) is 6.54 Å². The SMILES string of the molecule is C/C=C(\C=C/CC)c1ccc2nc(-c3cccnc3N)n(-c3ccc(CN4CCC(Oc5ccc(O)c(O)c5)CC4)cc3)c2n1. The van der Waals surface area contributed by atoms with Crippen molar-refractivity contribution in [2.75, 3.05) is 18.8 Å². The summed E-state index contributed by atoms with van der Waals surface area (Å²) in [5, 5.41) is 19.3. The number of phenolic OH excluding ortho intramolecular Hbond substituents is 2. The van der Waals surface area contributed by atoms with E-state index in [1.165, 1.54) is 17.7 Å². The Labute approximate surface area is 263 Å². The lowest BCUT2D eigenvalue weighted by atomic mass is 10.1. The van der Waals surface area contributed by atoms with Crippen LogP contribution in [0.4, 0.5) is 5.82 Å². The largest absolute Gasteiger partial charge is 0.504 e. The second kappa shape index (κ2) is 13.2. The van der Waals surface area contributed by atoms with Crippen LogP contribution in [0.15, 0.2) is 91.2 Å². The summed E-state index contributed by atoms with van der Waals surface area (Å²) in [6, 6.07) is 21.0. The van der Waals surface area contributed by atoms with Crippen molar-refractivity contribution in [3.8, 4) is 34.3 Å². The van der Waals surface area contributed by atoms with Crippen LogP contribution >= 0.6 is 0 Å². The van der Waals surface area contributed by atoms with E-state index in [4.69, 9.17) is 20.4 Å². The van der Waals surface area contributed by atoms with E-state index >= 15 is 0 Å². The molecular formula is C36H38N6O3. The summed E-state index contributed by atoms with van der Waals surface area (Å²) < 4.78 is 8.12. The van der Waals surface area contributed by atoms with Crippen LogP contribution in [0.5, 0.6) is 17.2 Å². The Morgan fingerprint density at radius 2 is 1.80 bits per heavy atom. The number of nitrogens with zero attached hydrogens (tertiary/aromatic N) is 5. The summed E-state index contributed by atoms with van der Waals surface area (Å²) in [5.74, 6) is 1.37. The van der Waals surface area contributed by atoms with Crippen molar-refractivity contribution in [2.24, 2.45) is 0 Å². The molecule has 0 unspecified atom stereocenters. The number of rotatable bonds is 9. The minimum absolute atomic E-state index is 0.0679. The van der Waals surface area contributed by atoms with Crippen LogP contribution in [0.3, 0.4) is 0 Å². The van der Waals surface area contributed by atoms with Gasteiger partial charge in [0.15, 0.2) is 23.0 Å². The molecule has 6 rings (SSSR count). The number of benzene rings is 2. The van der Waals surface area contributed by atoms with Crippen molar-refractivity contribution in [3.05, 3.63) is 102 Å². The summed E-state index contributed by atoms with van der Waals surface area (Å²) in [5.41, 5.74) is 12.7. The van der Waals surface area contributed by atoms with Gasteiger partial charge in [0, 0.05) is 37.6 Å². The maximum absolute atomic E-state index is 9.77. The number of aromatic nitrogens is 4. The minimum Gasteiger partial charge on any atom is -0.504 e. The number of piperidine rings is 1. The van der Waals surface area contributed by atoms with Gasteiger partial charge in [-0.15, -0.1) is 0 Å². The van der Waals surface area contributed by atoms with Gasteiger partial charge in [-0.3, -0.25) is 9.47 Å². The third-order valence-electron chi connectivity index (χ3n) is 8.11. The lowest BCUT2D eigenvalue weighted by Crippen LogP contribution is -2.37. The molecule has 9 nitrogen and oxygen atoms in total. The average molecular weight is 603 g/mol. The number of ether oxygens (including phenoxy) is 1. The molecule has 0 aliphatic carbocycles. The van der Waals surface area contributed by atoms with Crippen molar-refractivity contribution >= 4 is 22.6 Å². The Kier molecular flexibility index (Phi) is 8.79. The average Bonchev–Trinajstić information content (AvgIpc) is 3.43. The fourth-order valence-corrected chi connectivity index (χ4v) is 5.69. The molecule has 4 N–H and O–H groups in total. The molecule has 1 fully saturated rings. The second-order valence-electron chi connectivity index (χ2n) is 11.2. The van der Waals surface area contributed by atoms with Gasteiger partial charge in [-0.25, -0.2) is 15.0 Å². The van der Waals surface area contributed by atoms with Crippen LogP contribution < -0.4 is 10.5 Å². The number of aromatic hydroxyl groups is 2. The molecule has 0 saturated carbocycles. The number of hydrogen-bond acceptors (Lipinski definition) is 8. The number of pyridine rings is 2. The van der Waals surface area contributed by atoms with E-state index in [1.54, 1.807) is 12.3 Å². The highest BCUT2D eigenvalue weighted by Crippen LogP contribution is 2.32. The fraction of sp³-hybridized carbons (Fsp3) is 0.250.